The van der Waals surface area contributed by atoms with Gasteiger partial charge in [-0.15, -0.1) is 23.7 Å². The van der Waals surface area contributed by atoms with E-state index in [-0.39, 0.29) is 18.3 Å². The Morgan fingerprint density at radius 1 is 0.946 bits per heavy atom. The Bertz CT molecular complexity index is 1460. The summed E-state index contributed by atoms with van der Waals surface area (Å²) < 4.78 is 1.74. The number of aromatic nitrogens is 4. The van der Waals surface area contributed by atoms with Crippen molar-refractivity contribution in [3.05, 3.63) is 90.2 Å². The zero-order chi connectivity index (χ0) is 24.3. The van der Waals surface area contributed by atoms with Crippen molar-refractivity contribution >= 4 is 51.5 Å². The van der Waals surface area contributed by atoms with Gasteiger partial charge in [0, 0.05) is 48.0 Å². The molecule has 0 radical (unpaired) electrons. The van der Waals surface area contributed by atoms with Crippen molar-refractivity contribution in [1.29, 1.82) is 0 Å². The number of fused-ring (bicyclic) bond motifs is 1. The SMILES string of the molecule is Cl.O=C(Nc1nccs1)C(c1ccccc1)n1cc2ccc(-c3ccc(N4CCCCC4)nc3)cc2n1. The first kappa shape index (κ1) is 24.9. The number of carbonyl (C=O) groups is 1. The van der Waals surface area contributed by atoms with E-state index in [4.69, 9.17) is 10.1 Å². The van der Waals surface area contributed by atoms with E-state index in [1.165, 1.54) is 30.6 Å². The summed E-state index contributed by atoms with van der Waals surface area (Å²) in [5.74, 6) is 0.863. The first-order valence-electron chi connectivity index (χ1n) is 12.2. The number of pyridine rings is 1. The molecule has 1 atom stereocenters. The van der Waals surface area contributed by atoms with Gasteiger partial charge in [-0.3, -0.25) is 14.8 Å². The number of hydrogen-bond acceptors (Lipinski definition) is 6. The fourth-order valence-corrected chi connectivity index (χ4v) is 5.26. The first-order valence-corrected chi connectivity index (χ1v) is 13.1. The molecule has 1 unspecified atom stereocenters. The average molecular weight is 531 g/mol. The van der Waals surface area contributed by atoms with Gasteiger partial charge in [0.05, 0.1) is 5.52 Å². The number of halogens is 1. The molecule has 0 bridgehead atoms. The van der Waals surface area contributed by atoms with E-state index in [1.807, 2.05) is 54.2 Å². The summed E-state index contributed by atoms with van der Waals surface area (Å²) in [4.78, 5) is 24.6. The zero-order valence-electron chi connectivity index (χ0n) is 20.2. The molecule has 1 fully saturated rings. The van der Waals surface area contributed by atoms with E-state index in [1.54, 1.807) is 10.9 Å². The Morgan fingerprint density at radius 2 is 1.76 bits per heavy atom. The van der Waals surface area contributed by atoms with Gasteiger partial charge in [-0.2, -0.15) is 5.10 Å². The molecule has 1 aliphatic heterocycles. The fourth-order valence-electron chi connectivity index (χ4n) is 4.73. The van der Waals surface area contributed by atoms with Crippen LogP contribution in [0.4, 0.5) is 10.9 Å². The van der Waals surface area contributed by atoms with Crippen LogP contribution in [0.25, 0.3) is 22.0 Å². The van der Waals surface area contributed by atoms with Crippen LogP contribution in [0, 0.1) is 0 Å². The number of anilines is 2. The Balaban J connectivity index is 0.00000280. The minimum Gasteiger partial charge on any atom is -0.357 e. The van der Waals surface area contributed by atoms with Crippen molar-refractivity contribution < 1.29 is 4.79 Å². The summed E-state index contributed by atoms with van der Waals surface area (Å²) in [5.41, 5.74) is 3.79. The summed E-state index contributed by atoms with van der Waals surface area (Å²) in [6, 6.07) is 19.5. The lowest BCUT2D eigenvalue weighted by Crippen LogP contribution is -2.29. The van der Waals surface area contributed by atoms with Crippen LogP contribution in [0.1, 0.15) is 30.9 Å². The molecule has 9 heteroatoms. The van der Waals surface area contributed by atoms with Crippen molar-refractivity contribution in [2.24, 2.45) is 0 Å². The van der Waals surface area contributed by atoms with Crippen molar-refractivity contribution in [3.63, 3.8) is 0 Å². The Hall–Kier alpha value is -3.75. The molecule has 188 valence electrons. The zero-order valence-corrected chi connectivity index (χ0v) is 21.8. The Morgan fingerprint density at radius 3 is 2.49 bits per heavy atom. The lowest BCUT2D eigenvalue weighted by atomic mass is 10.1. The molecule has 37 heavy (non-hydrogen) atoms. The molecule has 2 aromatic carbocycles. The Labute approximate surface area is 225 Å². The standard InChI is InChI=1S/C28H26N6OS.ClH/c35-27(31-28-29-13-16-36-28)26(20-7-3-1-4-8-20)34-19-23-10-9-21(17-24(23)32-34)22-11-12-25(30-18-22)33-14-5-2-6-15-33;/h1,3-4,7-13,16-19,26H,2,5-6,14-15H2,(H,29,31,35);1H. The molecular formula is C28H27ClN6OS. The van der Waals surface area contributed by atoms with Gasteiger partial charge in [0.25, 0.3) is 5.91 Å². The molecule has 0 spiro atoms. The highest BCUT2D eigenvalue weighted by molar-refractivity contribution is 7.13. The van der Waals surface area contributed by atoms with Crippen molar-refractivity contribution in [3.8, 4) is 11.1 Å². The molecule has 5 aromatic rings. The van der Waals surface area contributed by atoms with E-state index in [9.17, 15) is 4.79 Å². The van der Waals surface area contributed by atoms with E-state index < -0.39 is 6.04 Å². The van der Waals surface area contributed by atoms with Crippen LogP contribution in [0.15, 0.2) is 84.6 Å². The van der Waals surface area contributed by atoms with Crippen molar-refractivity contribution in [2.75, 3.05) is 23.3 Å². The van der Waals surface area contributed by atoms with E-state index in [0.717, 1.165) is 46.5 Å². The lowest BCUT2D eigenvalue weighted by Gasteiger charge is -2.27. The summed E-state index contributed by atoms with van der Waals surface area (Å²) in [7, 11) is 0. The monoisotopic (exact) mass is 530 g/mol. The quantitative estimate of drug-likeness (QED) is 0.283. The molecule has 1 N–H and O–H groups in total. The molecule has 7 nitrogen and oxygen atoms in total. The fraction of sp³-hybridized carbons (Fsp3) is 0.214. The van der Waals surface area contributed by atoms with Gasteiger partial charge in [-0.05, 0) is 48.6 Å². The van der Waals surface area contributed by atoms with Gasteiger partial charge in [0.2, 0.25) is 0 Å². The third-order valence-electron chi connectivity index (χ3n) is 6.58. The maximum atomic E-state index is 13.3. The number of hydrogen-bond donors (Lipinski definition) is 1. The van der Waals surface area contributed by atoms with Gasteiger partial charge >= 0.3 is 0 Å². The second-order valence-corrected chi connectivity index (χ2v) is 9.87. The average Bonchev–Trinajstić information content (AvgIpc) is 3.59. The predicted molar refractivity (Wildman–Crippen MR) is 152 cm³/mol. The number of carbonyl (C=O) groups excluding carboxylic acids is 1. The number of amides is 1. The van der Waals surface area contributed by atoms with E-state index in [2.05, 4.69) is 39.5 Å². The minimum atomic E-state index is -0.614. The van der Waals surface area contributed by atoms with Gasteiger partial charge in [0.15, 0.2) is 11.2 Å². The highest BCUT2D eigenvalue weighted by atomic mass is 35.5. The topological polar surface area (TPSA) is 75.9 Å². The van der Waals surface area contributed by atoms with Crippen LogP contribution in [0.3, 0.4) is 0 Å². The largest absolute Gasteiger partial charge is 0.357 e. The summed E-state index contributed by atoms with van der Waals surface area (Å²) in [6.07, 6.45) is 9.31. The third kappa shape index (κ3) is 5.35. The molecule has 0 saturated carbocycles. The molecule has 1 amide bonds. The first-order chi connectivity index (χ1) is 17.7. The number of benzene rings is 2. The molecule has 0 aliphatic carbocycles. The molecule has 3 aromatic heterocycles. The summed E-state index contributed by atoms with van der Waals surface area (Å²) in [6.45, 7) is 2.16. The Kier molecular flexibility index (Phi) is 7.48. The van der Waals surface area contributed by atoms with Crippen LogP contribution in [-0.4, -0.2) is 38.7 Å². The number of piperidine rings is 1. The minimum absolute atomic E-state index is 0. The van der Waals surface area contributed by atoms with Gasteiger partial charge < -0.3 is 4.90 Å². The molecular weight excluding hydrogens is 504 g/mol. The smallest absolute Gasteiger partial charge is 0.255 e. The van der Waals surface area contributed by atoms with Crippen LogP contribution >= 0.6 is 23.7 Å². The number of thiazole rings is 1. The number of nitrogens with zero attached hydrogens (tertiary/aromatic N) is 5. The van der Waals surface area contributed by atoms with Crippen LogP contribution in [-0.2, 0) is 4.79 Å². The van der Waals surface area contributed by atoms with Gasteiger partial charge in [-0.1, -0.05) is 42.5 Å². The highest BCUT2D eigenvalue weighted by Crippen LogP contribution is 2.28. The molecule has 6 rings (SSSR count). The van der Waals surface area contributed by atoms with Gasteiger partial charge in [0.1, 0.15) is 5.82 Å². The molecule has 1 saturated heterocycles. The predicted octanol–water partition coefficient (Wildman–Crippen LogP) is 6.20. The third-order valence-corrected chi connectivity index (χ3v) is 7.27. The van der Waals surface area contributed by atoms with E-state index >= 15 is 0 Å². The van der Waals surface area contributed by atoms with Crippen LogP contribution < -0.4 is 10.2 Å². The van der Waals surface area contributed by atoms with E-state index in [0.29, 0.717) is 5.13 Å². The highest BCUT2D eigenvalue weighted by Gasteiger charge is 2.25. The van der Waals surface area contributed by atoms with Crippen molar-refractivity contribution in [1.82, 2.24) is 19.7 Å². The number of rotatable bonds is 6. The summed E-state index contributed by atoms with van der Waals surface area (Å²) >= 11 is 1.39. The maximum Gasteiger partial charge on any atom is 0.255 e. The lowest BCUT2D eigenvalue weighted by molar-refractivity contribution is -0.118. The normalized spacial score (nSPS) is 14.2. The second-order valence-electron chi connectivity index (χ2n) is 8.98. The van der Waals surface area contributed by atoms with Crippen LogP contribution in [0.5, 0.6) is 0 Å². The second kappa shape index (κ2) is 11.1. The maximum absolute atomic E-state index is 13.3. The summed E-state index contributed by atoms with van der Waals surface area (Å²) in [5, 5.41) is 11.1. The number of nitrogens with one attached hydrogen (secondary N) is 1. The molecule has 1 aliphatic rings. The van der Waals surface area contributed by atoms with Crippen LogP contribution in [0.2, 0.25) is 0 Å². The van der Waals surface area contributed by atoms with Gasteiger partial charge in [-0.25, -0.2) is 9.97 Å². The molecule has 4 heterocycles. The van der Waals surface area contributed by atoms with Crippen molar-refractivity contribution in [2.45, 2.75) is 25.3 Å².